The lowest BCUT2D eigenvalue weighted by Gasteiger charge is -2.07. The third-order valence-electron chi connectivity index (χ3n) is 3.06. The zero-order valence-corrected chi connectivity index (χ0v) is 12.2. The van der Waals surface area contributed by atoms with Crippen LogP contribution in [0.1, 0.15) is 22.8 Å². The molecular formula is C17H17FN2O2. The topological polar surface area (TPSA) is 58.2 Å². The molecule has 5 heteroatoms. The van der Waals surface area contributed by atoms with Crippen LogP contribution in [-0.2, 0) is 11.2 Å². The molecule has 0 aliphatic heterocycles. The highest BCUT2D eigenvalue weighted by Crippen LogP contribution is 2.09. The predicted molar refractivity (Wildman–Crippen MR) is 83.2 cm³/mol. The number of amides is 2. The van der Waals surface area contributed by atoms with Gasteiger partial charge in [0.2, 0.25) is 5.91 Å². The molecular weight excluding hydrogens is 283 g/mol. The zero-order chi connectivity index (χ0) is 15.9. The normalized spacial score (nSPS) is 10.1. The molecule has 0 saturated heterocycles. The molecule has 2 amide bonds. The average molecular weight is 300 g/mol. The van der Waals surface area contributed by atoms with E-state index in [1.807, 2.05) is 6.07 Å². The smallest absolute Gasteiger partial charge is 0.251 e. The maximum atomic E-state index is 13.0. The lowest BCUT2D eigenvalue weighted by atomic mass is 10.1. The van der Waals surface area contributed by atoms with Gasteiger partial charge in [-0.15, -0.1) is 0 Å². The molecule has 2 rings (SSSR count). The van der Waals surface area contributed by atoms with E-state index in [9.17, 15) is 14.0 Å². The number of hydrogen-bond donors (Lipinski definition) is 2. The van der Waals surface area contributed by atoms with Gasteiger partial charge in [0.05, 0.1) is 0 Å². The number of halogens is 1. The van der Waals surface area contributed by atoms with Gasteiger partial charge in [-0.05, 0) is 48.4 Å². The second kappa shape index (κ2) is 7.36. The number of rotatable bonds is 5. The lowest BCUT2D eigenvalue weighted by Crippen LogP contribution is -2.25. The van der Waals surface area contributed by atoms with Crippen molar-refractivity contribution in [3.05, 3.63) is 65.5 Å². The van der Waals surface area contributed by atoms with Crippen LogP contribution < -0.4 is 10.6 Å². The summed E-state index contributed by atoms with van der Waals surface area (Å²) in [6, 6.07) is 12.9. The van der Waals surface area contributed by atoms with E-state index in [0.717, 1.165) is 5.56 Å². The van der Waals surface area contributed by atoms with Crippen molar-refractivity contribution in [3.8, 4) is 0 Å². The number of hydrogen-bond acceptors (Lipinski definition) is 2. The Morgan fingerprint density at radius 3 is 2.45 bits per heavy atom. The molecule has 0 aliphatic rings. The molecule has 0 aromatic heterocycles. The number of benzene rings is 2. The second-order valence-corrected chi connectivity index (χ2v) is 4.89. The largest absolute Gasteiger partial charge is 0.352 e. The van der Waals surface area contributed by atoms with Gasteiger partial charge >= 0.3 is 0 Å². The summed E-state index contributed by atoms with van der Waals surface area (Å²) < 4.78 is 13.0. The van der Waals surface area contributed by atoms with Gasteiger partial charge in [0.1, 0.15) is 5.82 Å². The van der Waals surface area contributed by atoms with Gasteiger partial charge in [-0.2, -0.15) is 0 Å². The quantitative estimate of drug-likeness (QED) is 0.892. The third kappa shape index (κ3) is 4.70. The Labute approximate surface area is 128 Å². The van der Waals surface area contributed by atoms with Crippen LogP contribution in [0.4, 0.5) is 10.1 Å². The molecule has 0 fully saturated rings. The Morgan fingerprint density at radius 2 is 1.82 bits per heavy atom. The monoisotopic (exact) mass is 300 g/mol. The Bertz CT molecular complexity index is 669. The van der Waals surface area contributed by atoms with Gasteiger partial charge < -0.3 is 10.6 Å². The van der Waals surface area contributed by atoms with Gasteiger partial charge in [0.15, 0.2) is 0 Å². The highest BCUT2D eigenvalue weighted by atomic mass is 19.1. The van der Waals surface area contributed by atoms with Crippen LogP contribution in [0.3, 0.4) is 0 Å². The molecule has 2 aromatic carbocycles. The zero-order valence-electron chi connectivity index (χ0n) is 12.2. The van der Waals surface area contributed by atoms with Gasteiger partial charge in [0, 0.05) is 24.7 Å². The van der Waals surface area contributed by atoms with Gasteiger partial charge in [0.25, 0.3) is 5.91 Å². The maximum Gasteiger partial charge on any atom is 0.251 e. The third-order valence-corrected chi connectivity index (χ3v) is 3.06. The van der Waals surface area contributed by atoms with Gasteiger partial charge in [-0.1, -0.05) is 12.1 Å². The first kappa shape index (κ1) is 15.7. The summed E-state index contributed by atoms with van der Waals surface area (Å²) in [5.74, 6) is -0.643. The van der Waals surface area contributed by atoms with E-state index in [0.29, 0.717) is 24.2 Å². The van der Waals surface area contributed by atoms with Crippen molar-refractivity contribution in [2.75, 3.05) is 11.9 Å². The molecule has 22 heavy (non-hydrogen) atoms. The van der Waals surface area contributed by atoms with Crippen molar-refractivity contribution in [2.45, 2.75) is 13.3 Å². The Morgan fingerprint density at radius 1 is 1.09 bits per heavy atom. The summed E-state index contributed by atoms with van der Waals surface area (Å²) in [5.41, 5.74) is 1.98. The molecule has 0 aliphatic carbocycles. The van der Waals surface area contributed by atoms with E-state index < -0.39 is 0 Å². The fourth-order valence-electron chi connectivity index (χ4n) is 2.02. The van der Waals surface area contributed by atoms with Crippen molar-refractivity contribution in [2.24, 2.45) is 0 Å². The second-order valence-electron chi connectivity index (χ2n) is 4.89. The molecule has 0 unspecified atom stereocenters. The van der Waals surface area contributed by atoms with Crippen molar-refractivity contribution in [1.29, 1.82) is 0 Å². The molecule has 2 aromatic rings. The number of carbonyl (C=O) groups excluding carboxylic acids is 2. The molecule has 0 atom stereocenters. The first-order valence-electron chi connectivity index (χ1n) is 6.95. The van der Waals surface area contributed by atoms with Crippen LogP contribution in [-0.4, -0.2) is 18.4 Å². The van der Waals surface area contributed by atoms with Crippen LogP contribution in [0.25, 0.3) is 0 Å². The van der Waals surface area contributed by atoms with Gasteiger partial charge in [-0.25, -0.2) is 4.39 Å². The Kier molecular flexibility index (Phi) is 5.25. The Hall–Kier alpha value is -2.69. The maximum absolute atomic E-state index is 13.0. The molecule has 0 spiro atoms. The standard InChI is InChI=1S/C17H17FN2O2/c1-12(21)20-16-7-5-14(6-8-16)17(22)19-10-9-13-3-2-4-15(18)11-13/h2-8,11H,9-10H2,1H3,(H,19,22)(H,20,21). The number of carbonyl (C=O) groups is 2. The predicted octanol–water partition coefficient (Wildman–Crippen LogP) is 2.76. The van der Waals surface area contributed by atoms with Gasteiger partial charge in [-0.3, -0.25) is 9.59 Å². The average Bonchev–Trinajstić information content (AvgIpc) is 2.47. The minimum absolute atomic E-state index is 0.160. The molecule has 2 N–H and O–H groups in total. The summed E-state index contributed by atoms with van der Waals surface area (Å²) >= 11 is 0. The summed E-state index contributed by atoms with van der Waals surface area (Å²) in [6.07, 6.45) is 0.563. The fourth-order valence-corrected chi connectivity index (χ4v) is 2.02. The lowest BCUT2D eigenvalue weighted by molar-refractivity contribution is -0.114. The Balaban J connectivity index is 1.85. The van der Waals surface area contributed by atoms with Crippen molar-refractivity contribution in [1.82, 2.24) is 5.32 Å². The molecule has 0 bridgehead atoms. The summed E-state index contributed by atoms with van der Waals surface area (Å²) in [5, 5.41) is 5.41. The van der Waals surface area contributed by atoms with Crippen LogP contribution in [0.15, 0.2) is 48.5 Å². The SMILES string of the molecule is CC(=O)Nc1ccc(C(=O)NCCc2cccc(F)c2)cc1. The minimum Gasteiger partial charge on any atom is -0.352 e. The van der Waals surface area contributed by atoms with Crippen molar-refractivity contribution in [3.63, 3.8) is 0 Å². The van der Waals surface area contributed by atoms with Crippen LogP contribution in [0.5, 0.6) is 0 Å². The van der Waals surface area contributed by atoms with E-state index >= 15 is 0 Å². The van der Waals surface area contributed by atoms with Crippen LogP contribution in [0.2, 0.25) is 0 Å². The number of anilines is 1. The first-order chi connectivity index (χ1) is 10.5. The number of nitrogens with one attached hydrogen (secondary N) is 2. The van der Waals surface area contributed by atoms with E-state index in [4.69, 9.17) is 0 Å². The van der Waals surface area contributed by atoms with Crippen LogP contribution >= 0.6 is 0 Å². The van der Waals surface area contributed by atoms with E-state index in [1.165, 1.54) is 19.1 Å². The molecule has 0 radical (unpaired) electrons. The molecule has 4 nitrogen and oxygen atoms in total. The summed E-state index contributed by atoms with van der Waals surface area (Å²) in [7, 11) is 0. The molecule has 0 saturated carbocycles. The molecule has 0 heterocycles. The highest BCUT2D eigenvalue weighted by molar-refractivity contribution is 5.95. The van der Waals surface area contributed by atoms with Crippen molar-refractivity contribution < 1.29 is 14.0 Å². The van der Waals surface area contributed by atoms with Crippen LogP contribution in [0, 0.1) is 5.82 Å². The summed E-state index contributed by atoms with van der Waals surface area (Å²) in [4.78, 5) is 22.9. The van der Waals surface area contributed by atoms with E-state index in [-0.39, 0.29) is 17.6 Å². The van der Waals surface area contributed by atoms with Crippen molar-refractivity contribution >= 4 is 17.5 Å². The highest BCUT2D eigenvalue weighted by Gasteiger charge is 2.05. The summed E-state index contributed by atoms with van der Waals surface area (Å²) in [6.45, 7) is 1.85. The van der Waals surface area contributed by atoms with E-state index in [2.05, 4.69) is 10.6 Å². The minimum atomic E-state index is -0.280. The molecule has 114 valence electrons. The van der Waals surface area contributed by atoms with E-state index in [1.54, 1.807) is 30.3 Å². The first-order valence-corrected chi connectivity index (χ1v) is 6.95. The fraction of sp³-hybridized carbons (Fsp3) is 0.176.